The van der Waals surface area contributed by atoms with E-state index in [2.05, 4.69) is 65.5 Å². The average molecular weight is 341 g/mol. The Balaban J connectivity index is 2.54. The third-order valence-electron chi connectivity index (χ3n) is 4.25. The number of phenolic OH excluding ortho intramolecular Hbond substituents is 1. The monoisotopic (exact) mass is 341 g/mol. The van der Waals surface area contributed by atoms with Gasteiger partial charge in [-0.2, -0.15) is 5.10 Å². The van der Waals surface area contributed by atoms with Crippen molar-refractivity contribution in [2.45, 2.75) is 72.1 Å². The molecule has 4 heteroatoms. The predicted octanol–water partition coefficient (Wildman–Crippen LogP) is 5.19. The van der Waals surface area contributed by atoms with Gasteiger partial charge in [-0.25, -0.2) is 9.66 Å². The van der Waals surface area contributed by atoms with Crippen molar-refractivity contribution >= 4 is 6.21 Å². The number of rotatable bonds is 3. The van der Waals surface area contributed by atoms with Gasteiger partial charge in [0, 0.05) is 29.4 Å². The molecule has 1 heterocycles. The first kappa shape index (κ1) is 19.2. The van der Waals surface area contributed by atoms with Crippen LogP contribution in [0.15, 0.2) is 29.6 Å². The first-order valence-corrected chi connectivity index (χ1v) is 8.87. The molecule has 0 bridgehead atoms. The Hall–Kier alpha value is -2.10. The summed E-state index contributed by atoms with van der Waals surface area (Å²) >= 11 is 0. The van der Waals surface area contributed by atoms with E-state index >= 15 is 0 Å². The van der Waals surface area contributed by atoms with E-state index in [4.69, 9.17) is 0 Å². The molecule has 1 aromatic heterocycles. The van der Waals surface area contributed by atoms with E-state index in [1.165, 1.54) is 0 Å². The van der Waals surface area contributed by atoms with Crippen LogP contribution >= 0.6 is 0 Å². The topological polar surface area (TPSA) is 50.4 Å². The lowest BCUT2D eigenvalue weighted by atomic mass is 9.78. The molecule has 136 valence electrons. The lowest BCUT2D eigenvalue weighted by Gasteiger charge is -2.27. The van der Waals surface area contributed by atoms with E-state index in [1.807, 2.05) is 29.2 Å². The highest BCUT2D eigenvalue weighted by Crippen LogP contribution is 2.39. The zero-order valence-corrected chi connectivity index (χ0v) is 16.8. The minimum Gasteiger partial charge on any atom is -0.507 e. The largest absolute Gasteiger partial charge is 0.507 e. The van der Waals surface area contributed by atoms with Crippen molar-refractivity contribution in [1.29, 1.82) is 0 Å². The second-order valence-electron chi connectivity index (χ2n) is 8.99. The van der Waals surface area contributed by atoms with Gasteiger partial charge in [-0.05, 0) is 28.5 Å². The summed E-state index contributed by atoms with van der Waals surface area (Å²) in [7, 11) is 0. The van der Waals surface area contributed by atoms with E-state index in [9.17, 15) is 5.11 Å². The van der Waals surface area contributed by atoms with Gasteiger partial charge in [-0.15, -0.1) is 0 Å². The quantitative estimate of drug-likeness (QED) is 0.781. The van der Waals surface area contributed by atoms with Crippen LogP contribution in [0.4, 0.5) is 0 Å². The summed E-state index contributed by atoms with van der Waals surface area (Å²) in [4.78, 5) is 4.36. The third-order valence-corrected chi connectivity index (χ3v) is 4.25. The Morgan fingerprint density at radius 1 is 1.04 bits per heavy atom. The van der Waals surface area contributed by atoms with Crippen LogP contribution < -0.4 is 0 Å². The maximum absolute atomic E-state index is 10.8. The Bertz CT molecular complexity index is 736. The molecule has 1 N–H and O–H groups in total. The van der Waals surface area contributed by atoms with E-state index in [-0.39, 0.29) is 10.8 Å². The van der Waals surface area contributed by atoms with Crippen LogP contribution in [0.25, 0.3) is 0 Å². The summed E-state index contributed by atoms with van der Waals surface area (Å²) in [5.41, 5.74) is 2.57. The van der Waals surface area contributed by atoms with Crippen LogP contribution in [-0.4, -0.2) is 21.0 Å². The first-order chi connectivity index (χ1) is 11.4. The molecular formula is C21H31N3O. The summed E-state index contributed by atoms with van der Waals surface area (Å²) < 4.78 is 1.81. The molecule has 2 aromatic rings. The number of benzene rings is 1. The standard InChI is InChI=1S/C21H31N3O/c1-14(2)19-22-9-10-24(19)23-13-15-11-16(20(3,4)5)18(25)17(12-15)21(6,7)8/h9-14,25H,1-8H3. The zero-order chi connectivity index (χ0) is 19.0. The summed E-state index contributed by atoms with van der Waals surface area (Å²) in [6.07, 6.45) is 5.48. The Kier molecular flexibility index (Phi) is 5.12. The van der Waals surface area contributed by atoms with Crippen molar-refractivity contribution in [1.82, 2.24) is 9.66 Å². The van der Waals surface area contributed by atoms with Crippen LogP contribution in [0.5, 0.6) is 5.75 Å². The number of aromatic hydroxyl groups is 1. The average Bonchev–Trinajstić information content (AvgIpc) is 2.92. The molecule has 0 amide bonds. The summed E-state index contributed by atoms with van der Waals surface area (Å²) in [6, 6.07) is 4.06. The summed E-state index contributed by atoms with van der Waals surface area (Å²) in [5, 5.41) is 15.4. The van der Waals surface area contributed by atoms with Gasteiger partial charge >= 0.3 is 0 Å². The van der Waals surface area contributed by atoms with E-state index in [0.29, 0.717) is 11.7 Å². The number of aromatic nitrogens is 2. The SMILES string of the molecule is CC(C)c1nccn1N=Cc1cc(C(C)(C)C)c(O)c(C(C)(C)C)c1. The molecule has 0 radical (unpaired) electrons. The van der Waals surface area contributed by atoms with Gasteiger partial charge < -0.3 is 5.11 Å². The molecule has 0 fully saturated rings. The fourth-order valence-electron chi connectivity index (χ4n) is 2.82. The second-order valence-corrected chi connectivity index (χ2v) is 8.99. The van der Waals surface area contributed by atoms with Gasteiger partial charge in [0.15, 0.2) is 0 Å². The molecule has 0 spiro atoms. The molecule has 0 unspecified atom stereocenters. The minimum absolute atomic E-state index is 0.147. The highest BCUT2D eigenvalue weighted by atomic mass is 16.3. The van der Waals surface area contributed by atoms with Gasteiger partial charge in [0.05, 0.1) is 6.21 Å². The molecule has 0 atom stereocenters. The fraction of sp³-hybridized carbons (Fsp3) is 0.524. The highest BCUT2D eigenvalue weighted by Gasteiger charge is 2.26. The normalized spacial score (nSPS) is 13.2. The zero-order valence-electron chi connectivity index (χ0n) is 16.8. The lowest BCUT2D eigenvalue weighted by molar-refractivity contribution is 0.423. The molecule has 1 aromatic carbocycles. The predicted molar refractivity (Wildman–Crippen MR) is 105 cm³/mol. The summed E-state index contributed by atoms with van der Waals surface area (Å²) in [6.45, 7) is 16.9. The van der Waals surface area contributed by atoms with Crippen LogP contribution in [0.1, 0.15) is 83.8 Å². The van der Waals surface area contributed by atoms with Crippen molar-refractivity contribution in [3.63, 3.8) is 0 Å². The maximum Gasteiger partial charge on any atom is 0.132 e. The number of hydrogen-bond acceptors (Lipinski definition) is 3. The number of phenols is 1. The Morgan fingerprint density at radius 2 is 1.56 bits per heavy atom. The van der Waals surface area contributed by atoms with Crippen LogP contribution in [0, 0.1) is 0 Å². The number of hydrogen-bond donors (Lipinski definition) is 1. The van der Waals surface area contributed by atoms with Crippen molar-refractivity contribution in [2.24, 2.45) is 5.10 Å². The van der Waals surface area contributed by atoms with Gasteiger partial charge in [0.1, 0.15) is 11.6 Å². The van der Waals surface area contributed by atoms with Crippen molar-refractivity contribution in [2.75, 3.05) is 0 Å². The number of nitrogens with zero attached hydrogens (tertiary/aromatic N) is 3. The van der Waals surface area contributed by atoms with Crippen molar-refractivity contribution in [3.05, 3.63) is 47.0 Å². The van der Waals surface area contributed by atoms with Crippen LogP contribution in [-0.2, 0) is 10.8 Å². The number of imidazole rings is 1. The molecule has 2 rings (SSSR count). The molecular weight excluding hydrogens is 310 g/mol. The first-order valence-electron chi connectivity index (χ1n) is 8.87. The van der Waals surface area contributed by atoms with Gasteiger partial charge in [0.25, 0.3) is 0 Å². The Labute approximate surface area is 151 Å². The van der Waals surface area contributed by atoms with Crippen molar-refractivity contribution < 1.29 is 5.11 Å². The molecule has 0 saturated carbocycles. The molecule has 0 saturated heterocycles. The van der Waals surface area contributed by atoms with Crippen molar-refractivity contribution in [3.8, 4) is 5.75 Å². The second kappa shape index (κ2) is 6.66. The molecule has 4 nitrogen and oxygen atoms in total. The maximum atomic E-state index is 10.8. The molecule has 0 aliphatic heterocycles. The van der Waals surface area contributed by atoms with E-state index in [0.717, 1.165) is 22.5 Å². The minimum atomic E-state index is -0.147. The smallest absolute Gasteiger partial charge is 0.132 e. The van der Waals surface area contributed by atoms with Gasteiger partial charge in [-0.3, -0.25) is 0 Å². The van der Waals surface area contributed by atoms with E-state index < -0.39 is 0 Å². The lowest BCUT2D eigenvalue weighted by Crippen LogP contribution is -2.18. The van der Waals surface area contributed by atoms with Crippen LogP contribution in [0.2, 0.25) is 0 Å². The highest BCUT2D eigenvalue weighted by molar-refractivity contribution is 5.81. The fourth-order valence-corrected chi connectivity index (χ4v) is 2.82. The van der Waals surface area contributed by atoms with Crippen LogP contribution in [0.3, 0.4) is 0 Å². The van der Waals surface area contributed by atoms with Gasteiger partial charge in [-0.1, -0.05) is 55.4 Å². The molecule has 25 heavy (non-hydrogen) atoms. The van der Waals surface area contributed by atoms with Gasteiger partial charge in [0.2, 0.25) is 0 Å². The Morgan fingerprint density at radius 3 is 2.00 bits per heavy atom. The van der Waals surface area contributed by atoms with E-state index in [1.54, 1.807) is 6.20 Å². The molecule has 0 aliphatic carbocycles. The molecule has 0 aliphatic rings. The summed E-state index contributed by atoms with van der Waals surface area (Å²) in [5.74, 6) is 1.63. The third kappa shape index (κ3) is 4.30.